The maximum Gasteiger partial charge on any atom is 0.254 e. The number of hydrogen-bond acceptors (Lipinski definition) is 4. The second-order valence-electron chi connectivity index (χ2n) is 7.83. The molecule has 0 saturated heterocycles. The number of benzene rings is 1. The molecule has 0 atom stereocenters. The van der Waals surface area contributed by atoms with E-state index in [-0.39, 0.29) is 22.5 Å². The SMILES string of the molecule is CN/C(=N\C#N)N[C@H]1CC[C@](CNC(=O)c2c(CI)ccnc2Cl)(c2ccccc2)CC1. The molecule has 3 N–H and O–H groups in total. The van der Waals surface area contributed by atoms with Gasteiger partial charge in [0, 0.05) is 35.7 Å². The smallest absolute Gasteiger partial charge is 0.254 e. The third-order valence-electron chi connectivity index (χ3n) is 6.02. The Balaban J connectivity index is 1.77. The largest absolute Gasteiger partial charge is 0.359 e. The lowest BCUT2D eigenvalue weighted by Crippen LogP contribution is -2.49. The van der Waals surface area contributed by atoms with Gasteiger partial charge in [-0.2, -0.15) is 5.26 Å². The van der Waals surface area contributed by atoms with E-state index < -0.39 is 0 Å². The van der Waals surface area contributed by atoms with Crippen LogP contribution >= 0.6 is 34.2 Å². The Morgan fingerprint density at radius 2 is 2.03 bits per heavy atom. The number of carbonyl (C=O) groups is 1. The molecular formula is C23H26ClIN6O. The highest BCUT2D eigenvalue weighted by atomic mass is 127. The molecule has 0 unspecified atom stereocenters. The number of alkyl halides is 1. The Kier molecular flexibility index (Phi) is 8.70. The summed E-state index contributed by atoms with van der Waals surface area (Å²) in [6.45, 7) is 0.514. The van der Waals surface area contributed by atoms with E-state index in [0.29, 0.717) is 22.5 Å². The van der Waals surface area contributed by atoms with Crippen LogP contribution in [0.25, 0.3) is 0 Å². The van der Waals surface area contributed by atoms with E-state index >= 15 is 0 Å². The van der Waals surface area contributed by atoms with Gasteiger partial charge in [-0.15, -0.1) is 4.99 Å². The van der Waals surface area contributed by atoms with Crippen LogP contribution in [0.1, 0.15) is 47.2 Å². The summed E-state index contributed by atoms with van der Waals surface area (Å²) in [6, 6.07) is 12.4. The van der Waals surface area contributed by atoms with Crippen molar-refractivity contribution in [3.8, 4) is 6.19 Å². The van der Waals surface area contributed by atoms with Crippen molar-refractivity contribution < 1.29 is 4.79 Å². The van der Waals surface area contributed by atoms with Gasteiger partial charge in [0.25, 0.3) is 5.91 Å². The van der Waals surface area contributed by atoms with Crippen LogP contribution in [0.15, 0.2) is 47.6 Å². The summed E-state index contributed by atoms with van der Waals surface area (Å²) in [6.07, 6.45) is 7.00. The first-order valence-corrected chi connectivity index (χ1v) is 12.4. The number of nitrogens with zero attached hydrogens (tertiary/aromatic N) is 3. The van der Waals surface area contributed by atoms with Gasteiger partial charge in [0.15, 0.2) is 0 Å². The number of rotatable bonds is 6. The molecule has 0 spiro atoms. The van der Waals surface area contributed by atoms with Crippen LogP contribution in [0.3, 0.4) is 0 Å². The predicted octanol–water partition coefficient (Wildman–Crippen LogP) is 3.93. The molecule has 0 aliphatic heterocycles. The van der Waals surface area contributed by atoms with E-state index in [4.69, 9.17) is 16.9 Å². The zero-order valence-electron chi connectivity index (χ0n) is 17.9. The monoisotopic (exact) mass is 564 g/mol. The number of carbonyl (C=O) groups excluding carboxylic acids is 1. The maximum atomic E-state index is 13.1. The van der Waals surface area contributed by atoms with Gasteiger partial charge in [0.1, 0.15) is 5.15 Å². The zero-order chi connectivity index (χ0) is 23.0. The molecule has 0 bridgehead atoms. The van der Waals surface area contributed by atoms with Crippen molar-refractivity contribution in [3.63, 3.8) is 0 Å². The highest BCUT2D eigenvalue weighted by molar-refractivity contribution is 14.1. The van der Waals surface area contributed by atoms with E-state index in [0.717, 1.165) is 31.2 Å². The fourth-order valence-electron chi connectivity index (χ4n) is 4.24. The number of aliphatic imine (C=N–C) groups is 1. The molecule has 1 heterocycles. The van der Waals surface area contributed by atoms with Gasteiger partial charge in [0.2, 0.25) is 12.2 Å². The lowest BCUT2D eigenvalue weighted by molar-refractivity contribution is 0.0934. The summed E-state index contributed by atoms with van der Waals surface area (Å²) < 4.78 is 0.679. The van der Waals surface area contributed by atoms with Crippen LogP contribution in [0.5, 0.6) is 0 Å². The number of hydrogen-bond donors (Lipinski definition) is 3. The molecule has 1 aromatic carbocycles. The first kappa shape index (κ1) is 24.3. The molecule has 1 aromatic heterocycles. The summed E-state index contributed by atoms with van der Waals surface area (Å²) in [5.41, 5.74) is 2.36. The maximum absolute atomic E-state index is 13.1. The highest BCUT2D eigenvalue weighted by Crippen LogP contribution is 2.39. The first-order chi connectivity index (χ1) is 15.5. The van der Waals surface area contributed by atoms with Crippen molar-refractivity contribution in [2.24, 2.45) is 4.99 Å². The molecule has 1 saturated carbocycles. The standard InChI is InChI=1S/C23H26ClIN6O/c1-27-22(30-15-26)31-18-7-10-23(11-8-18,17-5-3-2-4-6-17)14-29-21(32)19-16(13-25)9-12-28-20(19)24/h2-6,9,12,18H,7-8,10-11,13-14H2,1H3,(H,29,32)(H2,27,30,31)/t18-,23-. The summed E-state index contributed by atoms with van der Waals surface area (Å²) in [5, 5.41) is 18.4. The van der Waals surface area contributed by atoms with Crippen molar-refractivity contribution in [3.05, 3.63) is 64.4 Å². The molecule has 2 aromatic rings. The zero-order valence-corrected chi connectivity index (χ0v) is 20.8. The average Bonchev–Trinajstić information content (AvgIpc) is 2.83. The molecule has 1 fully saturated rings. The number of halogens is 2. The first-order valence-electron chi connectivity index (χ1n) is 10.5. The normalized spacial score (nSPS) is 20.8. The predicted molar refractivity (Wildman–Crippen MR) is 135 cm³/mol. The number of pyridine rings is 1. The molecule has 0 radical (unpaired) electrons. The Morgan fingerprint density at radius 1 is 1.31 bits per heavy atom. The lowest BCUT2D eigenvalue weighted by atomic mass is 9.68. The van der Waals surface area contributed by atoms with Gasteiger partial charge in [-0.1, -0.05) is 64.5 Å². The van der Waals surface area contributed by atoms with Gasteiger partial charge in [0.05, 0.1) is 5.56 Å². The van der Waals surface area contributed by atoms with Gasteiger partial charge < -0.3 is 16.0 Å². The Labute approximate surface area is 207 Å². The average molecular weight is 565 g/mol. The van der Waals surface area contributed by atoms with Crippen molar-refractivity contribution in [2.45, 2.75) is 41.6 Å². The minimum absolute atomic E-state index is 0.180. The quantitative estimate of drug-likeness (QED) is 0.123. The molecule has 1 aliphatic rings. The molecule has 32 heavy (non-hydrogen) atoms. The molecule has 3 rings (SSSR count). The Bertz CT molecular complexity index is 999. The number of amides is 1. The topological polar surface area (TPSA) is 102 Å². The molecule has 9 heteroatoms. The van der Waals surface area contributed by atoms with E-state index in [1.165, 1.54) is 5.56 Å². The third-order valence-corrected chi connectivity index (χ3v) is 7.13. The fourth-order valence-corrected chi connectivity index (χ4v) is 5.14. The number of nitrogens with one attached hydrogen (secondary N) is 3. The van der Waals surface area contributed by atoms with Crippen LogP contribution in [-0.4, -0.2) is 36.5 Å². The Morgan fingerprint density at radius 3 is 2.66 bits per heavy atom. The van der Waals surface area contributed by atoms with E-state index in [1.807, 2.05) is 30.5 Å². The lowest BCUT2D eigenvalue weighted by Gasteiger charge is -2.41. The van der Waals surface area contributed by atoms with Gasteiger partial charge in [-0.25, -0.2) is 4.98 Å². The second-order valence-corrected chi connectivity index (χ2v) is 8.95. The molecule has 7 nitrogen and oxygen atoms in total. The van der Waals surface area contributed by atoms with Crippen LogP contribution in [0.4, 0.5) is 0 Å². The highest BCUT2D eigenvalue weighted by Gasteiger charge is 2.37. The fraction of sp³-hybridized carbons (Fsp3) is 0.391. The third kappa shape index (κ3) is 5.70. The Hall–Kier alpha value is -2.38. The van der Waals surface area contributed by atoms with Crippen LogP contribution in [-0.2, 0) is 9.84 Å². The summed E-state index contributed by atoms with van der Waals surface area (Å²) in [5.74, 6) is 0.291. The molecular weight excluding hydrogens is 539 g/mol. The number of nitriles is 1. The number of guanidine groups is 1. The summed E-state index contributed by atoms with van der Waals surface area (Å²) in [7, 11) is 1.74. The van der Waals surface area contributed by atoms with Crippen LogP contribution in [0, 0.1) is 11.5 Å². The van der Waals surface area contributed by atoms with Gasteiger partial charge in [-0.05, 0) is 42.9 Å². The minimum Gasteiger partial charge on any atom is -0.359 e. The van der Waals surface area contributed by atoms with Gasteiger partial charge in [-0.3, -0.25) is 4.79 Å². The van der Waals surface area contributed by atoms with E-state index in [1.54, 1.807) is 13.2 Å². The second kappa shape index (κ2) is 11.5. The summed E-state index contributed by atoms with van der Waals surface area (Å²) >= 11 is 8.48. The van der Waals surface area contributed by atoms with E-state index in [9.17, 15) is 4.79 Å². The molecule has 1 aliphatic carbocycles. The van der Waals surface area contributed by atoms with Crippen molar-refractivity contribution in [1.82, 2.24) is 20.9 Å². The number of aromatic nitrogens is 1. The summed E-state index contributed by atoms with van der Waals surface area (Å²) in [4.78, 5) is 20.9. The van der Waals surface area contributed by atoms with Gasteiger partial charge >= 0.3 is 0 Å². The van der Waals surface area contributed by atoms with Crippen molar-refractivity contribution in [1.29, 1.82) is 5.26 Å². The molecule has 1 amide bonds. The van der Waals surface area contributed by atoms with E-state index in [2.05, 4.69) is 60.7 Å². The van der Waals surface area contributed by atoms with Crippen molar-refractivity contribution >= 4 is 46.1 Å². The molecule has 168 valence electrons. The minimum atomic E-state index is -0.191. The van der Waals surface area contributed by atoms with Crippen molar-refractivity contribution in [2.75, 3.05) is 13.6 Å². The van der Waals surface area contributed by atoms with Crippen LogP contribution < -0.4 is 16.0 Å². The van der Waals surface area contributed by atoms with Crippen LogP contribution in [0.2, 0.25) is 5.15 Å².